The zero-order valence-corrected chi connectivity index (χ0v) is 22.7. The minimum Gasteiger partial charge on any atom is -0.378 e. The SMILES string of the molecule is CCOC(CCNC(=NC)NCC1(N2CCCCC2)CCN(C)CC1)C1CCCC1.I. The van der Waals surface area contributed by atoms with Crippen molar-refractivity contribution in [3.63, 3.8) is 0 Å². The summed E-state index contributed by atoms with van der Waals surface area (Å²) < 4.78 is 6.09. The molecule has 1 atom stereocenters. The number of guanidine groups is 1. The van der Waals surface area contributed by atoms with E-state index in [4.69, 9.17) is 4.74 Å². The van der Waals surface area contributed by atoms with Crippen LogP contribution in [-0.4, -0.2) is 87.4 Å². The van der Waals surface area contributed by atoms with Crippen LogP contribution in [-0.2, 0) is 4.74 Å². The maximum atomic E-state index is 6.09. The second-order valence-electron chi connectivity index (χ2n) is 9.75. The highest BCUT2D eigenvalue weighted by Gasteiger charge is 2.39. The Labute approximate surface area is 208 Å². The Hall–Kier alpha value is -0.120. The lowest BCUT2D eigenvalue weighted by atomic mass is 9.84. The van der Waals surface area contributed by atoms with Gasteiger partial charge in [0.1, 0.15) is 0 Å². The maximum Gasteiger partial charge on any atom is 0.191 e. The fourth-order valence-electron chi connectivity index (χ4n) is 5.81. The third kappa shape index (κ3) is 8.00. The molecule has 2 heterocycles. The topological polar surface area (TPSA) is 52.1 Å². The van der Waals surface area contributed by atoms with Gasteiger partial charge in [0.25, 0.3) is 0 Å². The van der Waals surface area contributed by atoms with E-state index in [1.54, 1.807) is 0 Å². The average molecular weight is 550 g/mol. The molecular weight excluding hydrogens is 501 g/mol. The Balaban J connectivity index is 0.00000341. The van der Waals surface area contributed by atoms with Crippen molar-refractivity contribution in [3.8, 4) is 0 Å². The molecule has 6 nitrogen and oxygen atoms in total. The Morgan fingerprint density at radius 3 is 2.32 bits per heavy atom. The van der Waals surface area contributed by atoms with Gasteiger partial charge >= 0.3 is 0 Å². The number of likely N-dealkylation sites (tertiary alicyclic amines) is 2. The molecule has 0 aromatic rings. The Bertz CT molecular complexity index is 512. The lowest BCUT2D eigenvalue weighted by Crippen LogP contribution is -2.62. The van der Waals surface area contributed by atoms with Gasteiger partial charge in [-0.25, -0.2) is 0 Å². The predicted octanol–water partition coefficient (Wildman–Crippen LogP) is 3.71. The Morgan fingerprint density at radius 2 is 1.71 bits per heavy atom. The molecule has 3 rings (SSSR count). The summed E-state index contributed by atoms with van der Waals surface area (Å²) >= 11 is 0. The lowest BCUT2D eigenvalue weighted by molar-refractivity contribution is 0.0159. The van der Waals surface area contributed by atoms with Gasteiger partial charge in [0.15, 0.2) is 5.96 Å². The van der Waals surface area contributed by atoms with E-state index in [2.05, 4.69) is 39.4 Å². The number of ether oxygens (including phenoxy) is 1. The normalized spacial score (nSPS) is 24.5. The molecular formula is C24H48IN5O. The van der Waals surface area contributed by atoms with Gasteiger partial charge in [0.05, 0.1) is 6.10 Å². The van der Waals surface area contributed by atoms with E-state index in [1.807, 2.05) is 7.05 Å². The first kappa shape index (κ1) is 27.1. The van der Waals surface area contributed by atoms with Crippen LogP contribution in [0.3, 0.4) is 0 Å². The summed E-state index contributed by atoms with van der Waals surface area (Å²) in [4.78, 5) is 9.79. The van der Waals surface area contributed by atoms with E-state index >= 15 is 0 Å². The molecule has 1 saturated carbocycles. The number of rotatable bonds is 9. The summed E-state index contributed by atoms with van der Waals surface area (Å²) in [5.74, 6) is 1.70. The third-order valence-corrected chi connectivity index (χ3v) is 7.78. The van der Waals surface area contributed by atoms with Crippen molar-refractivity contribution in [1.82, 2.24) is 20.4 Å². The highest BCUT2D eigenvalue weighted by atomic mass is 127. The Kier molecular flexibility index (Phi) is 12.4. The number of nitrogens with one attached hydrogen (secondary N) is 2. The van der Waals surface area contributed by atoms with E-state index < -0.39 is 0 Å². The van der Waals surface area contributed by atoms with E-state index in [1.165, 1.54) is 84.0 Å². The molecule has 0 aromatic heterocycles. The summed E-state index contributed by atoms with van der Waals surface area (Å²) in [5.41, 5.74) is 0.280. The van der Waals surface area contributed by atoms with E-state index in [0.717, 1.165) is 38.0 Å². The molecule has 31 heavy (non-hydrogen) atoms. The predicted molar refractivity (Wildman–Crippen MR) is 142 cm³/mol. The number of halogens is 1. The molecule has 182 valence electrons. The van der Waals surface area contributed by atoms with Crippen molar-refractivity contribution in [2.45, 2.75) is 82.8 Å². The molecule has 2 N–H and O–H groups in total. The molecule has 1 aliphatic carbocycles. The van der Waals surface area contributed by atoms with Gasteiger partial charge < -0.3 is 20.3 Å². The monoisotopic (exact) mass is 549 g/mol. The summed E-state index contributed by atoms with van der Waals surface area (Å²) in [5, 5.41) is 7.29. The fraction of sp³-hybridized carbons (Fsp3) is 0.958. The fourth-order valence-corrected chi connectivity index (χ4v) is 5.81. The zero-order valence-electron chi connectivity index (χ0n) is 20.3. The number of hydrogen-bond acceptors (Lipinski definition) is 4. The molecule has 0 spiro atoms. The first-order valence-electron chi connectivity index (χ1n) is 12.7. The molecule has 0 aromatic carbocycles. The molecule has 3 fully saturated rings. The van der Waals surface area contributed by atoms with Gasteiger partial charge in [-0.1, -0.05) is 19.3 Å². The largest absolute Gasteiger partial charge is 0.378 e. The van der Waals surface area contributed by atoms with Gasteiger partial charge in [-0.15, -0.1) is 24.0 Å². The minimum absolute atomic E-state index is 0. The summed E-state index contributed by atoms with van der Waals surface area (Å²) in [7, 11) is 4.15. The highest BCUT2D eigenvalue weighted by Crippen LogP contribution is 2.31. The van der Waals surface area contributed by atoms with Crippen LogP contribution in [0.2, 0.25) is 0 Å². The molecule has 0 amide bonds. The van der Waals surface area contributed by atoms with Gasteiger partial charge in [0, 0.05) is 32.3 Å². The van der Waals surface area contributed by atoms with Gasteiger partial charge in [-0.05, 0) is 91.0 Å². The van der Waals surface area contributed by atoms with E-state index in [9.17, 15) is 0 Å². The van der Waals surface area contributed by atoms with Crippen molar-refractivity contribution < 1.29 is 4.74 Å². The van der Waals surface area contributed by atoms with Crippen LogP contribution in [0.5, 0.6) is 0 Å². The van der Waals surface area contributed by atoms with Crippen LogP contribution in [0, 0.1) is 5.92 Å². The number of nitrogens with zero attached hydrogens (tertiary/aromatic N) is 3. The van der Waals surface area contributed by atoms with Crippen molar-refractivity contribution in [2.24, 2.45) is 10.9 Å². The van der Waals surface area contributed by atoms with Gasteiger partial charge in [-0.3, -0.25) is 9.89 Å². The standard InChI is InChI=1S/C24H47N5O.HI/c1-4-30-22(21-10-6-7-11-21)12-15-26-23(25-2)27-20-24(13-18-28(3)19-14-24)29-16-8-5-9-17-29;/h21-22H,4-20H2,1-3H3,(H2,25,26,27);1H. The third-order valence-electron chi connectivity index (χ3n) is 7.78. The van der Waals surface area contributed by atoms with Gasteiger partial charge in [0.2, 0.25) is 0 Å². The van der Waals surface area contributed by atoms with Gasteiger partial charge in [-0.2, -0.15) is 0 Å². The molecule has 2 saturated heterocycles. The second-order valence-corrected chi connectivity index (χ2v) is 9.75. The van der Waals surface area contributed by atoms with Crippen LogP contribution in [0.25, 0.3) is 0 Å². The summed E-state index contributed by atoms with van der Waals surface area (Å²) in [6, 6.07) is 0. The Morgan fingerprint density at radius 1 is 1.03 bits per heavy atom. The summed E-state index contributed by atoms with van der Waals surface area (Å²) in [6.07, 6.45) is 13.5. The summed E-state index contributed by atoms with van der Waals surface area (Å²) in [6.45, 7) is 9.78. The van der Waals surface area contributed by atoms with Crippen molar-refractivity contribution >= 4 is 29.9 Å². The smallest absolute Gasteiger partial charge is 0.191 e. The average Bonchev–Trinajstić information content (AvgIpc) is 3.32. The van der Waals surface area contributed by atoms with Crippen molar-refractivity contribution in [2.75, 3.05) is 60.0 Å². The van der Waals surface area contributed by atoms with Crippen LogP contribution in [0.4, 0.5) is 0 Å². The number of hydrogen-bond donors (Lipinski definition) is 2. The van der Waals surface area contributed by atoms with Crippen LogP contribution in [0.15, 0.2) is 4.99 Å². The van der Waals surface area contributed by atoms with E-state index in [0.29, 0.717) is 6.10 Å². The minimum atomic E-state index is 0. The number of piperidine rings is 2. The molecule has 1 unspecified atom stereocenters. The van der Waals surface area contributed by atoms with Crippen LogP contribution < -0.4 is 10.6 Å². The molecule has 0 bridgehead atoms. The maximum absolute atomic E-state index is 6.09. The molecule has 2 aliphatic heterocycles. The molecule has 3 aliphatic rings. The zero-order chi connectivity index (χ0) is 21.2. The second kappa shape index (κ2) is 14.2. The molecule has 0 radical (unpaired) electrons. The van der Waals surface area contributed by atoms with E-state index in [-0.39, 0.29) is 29.5 Å². The van der Waals surface area contributed by atoms with Crippen LogP contribution >= 0.6 is 24.0 Å². The van der Waals surface area contributed by atoms with Crippen LogP contribution in [0.1, 0.15) is 71.1 Å². The number of aliphatic imine (C=N–C) groups is 1. The lowest BCUT2D eigenvalue weighted by Gasteiger charge is -2.50. The first-order chi connectivity index (χ1) is 14.7. The van der Waals surface area contributed by atoms with Crippen molar-refractivity contribution in [3.05, 3.63) is 0 Å². The quantitative estimate of drug-likeness (QED) is 0.261. The van der Waals surface area contributed by atoms with Crippen molar-refractivity contribution in [1.29, 1.82) is 0 Å². The first-order valence-corrected chi connectivity index (χ1v) is 12.7. The molecule has 7 heteroatoms. The highest BCUT2D eigenvalue weighted by molar-refractivity contribution is 14.0.